The van der Waals surface area contributed by atoms with Crippen molar-refractivity contribution in [3.05, 3.63) is 16.6 Å². The summed E-state index contributed by atoms with van der Waals surface area (Å²) >= 11 is 1.72. The summed E-state index contributed by atoms with van der Waals surface area (Å²) in [7, 11) is 1.80. The maximum atomic E-state index is 5.64. The second kappa shape index (κ2) is 7.80. The average molecular weight is 256 g/mol. The highest BCUT2D eigenvalue weighted by Gasteiger charge is 2.24. The van der Waals surface area contributed by atoms with E-state index in [1.54, 1.807) is 18.4 Å². The monoisotopic (exact) mass is 256 g/mol. The number of nitrogens with zero attached hydrogens (tertiary/aromatic N) is 1. The lowest BCUT2D eigenvalue weighted by Crippen LogP contribution is -2.45. The first-order valence-electron chi connectivity index (χ1n) is 6.32. The van der Waals surface area contributed by atoms with Crippen molar-refractivity contribution in [2.24, 2.45) is 5.92 Å². The molecule has 1 N–H and O–H groups in total. The Bertz CT molecular complexity index is 288. The molecule has 0 saturated heterocycles. The van der Waals surface area contributed by atoms with E-state index in [0.717, 1.165) is 19.4 Å². The van der Waals surface area contributed by atoms with Gasteiger partial charge in [-0.3, -0.25) is 4.98 Å². The van der Waals surface area contributed by atoms with Gasteiger partial charge < -0.3 is 10.1 Å². The van der Waals surface area contributed by atoms with Crippen LogP contribution in [0.15, 0.2) is 11.7 Å². The average Bonchev–Trinajstić information content (AvgIpc) is 2.78. The van der Waals surface area contributed by atoms with E-state index in [-0.39, 0.29) is 6.10 Å². The number of methoxy groups -OCH3 is 1. The minimum absolute atomic E-state index is 0.253. The van der Waals surface area contributed by atoms with E-state index in [0.29, 0.717) is 12.0 Å². The number of nitrogens with one attached hydrogen (secondary N) is 1. The zero-order chi connectivity index (χ0) is 12.7. The Balaban J connectivity index is 2.64. The summed E-state index contributed by atoms with van der Waals surface area (Å²) in [6, 6.07) is 0.375. The molecule has 0 spiro atoms. The Kier molecular flexibility index (Phi) is 6.70. The molecule has 1 aromatic rings. The number of aromatic nitrogens is 1. The predicted molar refractivity (Wildman–Crippen MR) is 73.5 cm³/mol. The third kappa shape index (κ3) is 4.74. The molecule has 1 heterocycles. The Morgan fingerprint density at radius 2 is 2.24 bits per heavy atom. The molecule has 0 amide bonds. The van der Waals surface area contributed by atoms with E-state index >= 15 is 0 Å². The van der Waals surface area contributed by atoms with Crippen molar-refractivity contribution in [3.63, 3.8) is 0 Å². The van der Waals surface area contributed by atoms with Crippen LogP contribution in [-0.2, 0) is 11.2 Å². The Hall–Kier alpha value is -0.450. The van der Waals surface area contributed by atoms with Crippen LogP contribution in [0.3, 0.4) is 0 Å². The molecule has 0 aliphatic rings. The molecule has 1 aromatic heterocycles. The topological polar surface area (TPSA) is 34.2 Å². The van der Waals surface area contributed by atoms with Gasteiger partial charge in [-0.05, 0) is 18.9 Å². The van der Waals surface area contributed by atoms with Gasteiger partial charge in [0.05, 0.1) is 11.6 Å². The molecule has 4 heteroatoms. The van der Waals surface area contributed by atoms with Gasteiger partial charge in [-0.2, -0.15) is 0 Å². The highest BCUT2D eigenvalue weighted by Crippen LogP contribution is 2.17. The van der Waals surface area contributed by atoms with Crippen molar-refractivity contribution in [3.8, 4) is 0 Å². The Morgan fingerprint density at radius 1 is 1.47 bits per heavy atom. The van der Waals surface area contributed by atoms with Crippen LogP contribution >= 0.6 is 11.3 Å². The molecule has 17 heavy (non-hydrogen) atoms. The zero-order valence-electron chi connectivity index (χ0n) is 11.3. The van der Waals surface area contributed by atoms with Crippen LogP contribution in [-0.4, -0.2) is 30.8 Å². The largest absolute Gasteiger partial charge is 0.380 e. The summed E-state index contributed by atoms with van der Waals surface area (Å²) in [4.78, 5) is 5.46. The fraction of sp³-hybridized carbons (Fsp3) is 0.769. The highest BCUT2D eigenvalue weighted by molar-refractivity contribution is 7.09. The first kappa shape index (κ1) is 14.6. The number of ether oxygens (including phenoxy) is 1. The van der Waals surface area contributed by atoms with E-state index < -0.39 is 0 Å². The lowest BCUT2D eigenvalue weighted by molar-refractivity contribution is 0.0335. The highest BCUT2D eigenvalue weighted by atomic mass is 32.1. The molecule has 1 rings (SSSR count). The summed E-state index contributed by atoms with van der Waals surface area (Å²) in [5.74, 6) is 0.516. The Morgan fingerprint density at radius 3 is 2.71 bits per heavy atom. The van der Waals surface area contributed by atoms with Crippen molar-refractivity contribution >= 4 is 11.3 Å². The summed E-state index contributed by atoms with van der Waals surface area (Å²) in [5.41, 5.74) is 1.89. The number of rotatable bonds is 8. The quantitative estimate of drug-likeness (QED) is 0.776. The SMILES string of the molecule is CCCNC(Cc1cncs1)C(OC)C(C)C. The summed E-state index contributed by atoms with van der Waals surface area (Å²) in [6.07, 6.45) is 4.36. The zero-order valence-corrected chi connectivity index (χ0v) is 12.1. The lowest BCUT2D eigenvalue weighted by atomic mass is 9.96. The molecule has 0 aliphatic heterocycles. The summed E-state index contributed by atoms with van der Waals surface area (Å²) < 4.78 is 5.64. The molecule has 0 aromatic carbocycles. The van der Waals surface area contributed by atoms with Crippen molar-refractivity contribution in [1.29, 1.82) is 0 Å². The third-order valence-corrected chi connectivity index (χ3v) is 3.69. The molecule has 0 bridgehead atoms. The molecule has 0 radical (unpaired) electrons. The van der Waals surface area contributed by atoms with Gasteiger partial charge in [-0.25, -0.2) is 0 Å². The smallest absolute Gasteiger partial charge is 0.0794 e. The van der Waals surface area contributed by atoms with Crippen LogP contribution in [0, 0.1) is 5.92 Å². The second-order valence-corrected chi connectivity index (χ2v) is 5.65. The van der Waals surface area contributed by atoms with E-state index in [9.17, 15) is 0 Å². The number of thiazole rings is 1. The van der Waals surface area contributed by atoms with Crippen molar-refractivity contribution in [2.75, 3.05) is 13.7 Å². The van der Waals surface area contributed by atoms with E-state index in [1.807, 2.05) is 11.7 Å². The maximum Gasteiger partial charge on any atom is 0.0794 e. The molecule has 0 fully saturated rings. The first-order valence-corrected chi connectivity index (χ1v) is 7.20. The standard InChI is InChI=1S/C13H24N2OS/c1-5-6-15-12(13(16-4)10(2)3)7-11-8-14-9-17-11/h8-10,12-13,15H,5-7H2,1-4H3. The lowest BCUT2D eigenvalue weighted by Gasteiger charge is -2.29. The first-order chi connectivity index (χ1) is 8.19. The summed E-state index contributed by atoms with van der Waals surface area (Å²) in [5, 5.41) is 3.59. The fourth-order valence-corrected chi connectivity index (χ4v) is 2.75. The van der Waals surface area contributed by atoms with Crippen LogP contribution in [0.1, 0.15) is 32.1 Å². The van der Waals surface area contributed by atoms with Gasteiger partial charge >= 0.3 is 0 Å². The van der Waals surface area contributed by atoms with Gasteiger partial charge in [0.25, 0.3) is 0 Å². The summed E-state index contributed by atoms with van der Waals surface area (Å²) in [6.45, 7) is 7.65. The fourth-order valence-electron chi connectivity index (χ4n) is 2.09. The van der Waals surface area contributed by atoms with E-state index in [1.165, 1.54) is 4.88 Å². The maximum absolute atomic E-state index is 5.64. The van der Waals surface area contributed by atoms with Crippen molar-refractivity contribution in [2.45, 2.75) is 45.8 Å². The second-order valence-electron chi connectivity index (χ2n) is 4.68. The van der Waals surface area contributed by atoms with Crippen molar-refractivity contribution < 1.29 is 4.74 Å². The van der Waals surface area contributed by atoms with Gasteiger partial charge in [0.15, 0.2) is 0 Å². The molecule has 0 saturated carbocycles. The molecule has 0 aliphatic carbocycles. The van der Waals surface area contributed by atoms with Gasteiger partial charge in [0.2, 0.25) is 0 Å². The van der Waals surface area contributed by atoms with Gasteiger partial charge in [-0.15, -0.1) is 11.3 Å². The van der Waals surface area contributed by atoms with E-state index in [4.69, 9.17) is 4.74 Å². The van der Waals surface area contributed by atoms with Gasteiger partial charge in [0, 0.05) is 30.6 Å². The Labute approximate surface area is 109 Å². The minimum atomic E-state index is 0.253. The molecular formula is C13H24N2OS. The number of hydrogen-bond acceptors (Lipinski definition) is 4. The predicted octanol–water partition coefficient (Wildman–Crippen LogP) is 2.72. The third-order valence-electron chi connectivity index (χ3n) is 2.89. The molecule has 98 valence electrons. The van der Waals surface area contributed by atoms with Crippen LogP contribution in [0.5, 0.6) is 0 Å². The molecule has 2 unspecified atom stereocenters. The minimum Gasteiger partial charge on any atom is -0.380 e. The van der Waals surface area contributed by atoms with Crippen molar-refractivity contribution in [1.82, 2.24) is 10.3 Å². The van der Waals surface area contributed by atoms with Crippen LogP contribution in [0.2, 0.25) is 0 Å². The molecular weight excluding hydrogens is 232 g/mol. The van der Waals surface area contributed by atoms with Crippen LogP contribution in [0.4, 0.5) is 0 Å². The molecule has 3 nitrogen and oxygen atoms in total. The van der Waals surface area contributed by atoms with Gasteiger partial charge in [0.1, 0.15) is 0 Å². The van der Waals surface area contributed by atoms with Gasteiger partial charge in [-0.1, -0.05) is 20.8 Å². The normalized spacial score (nSPS) is 15.1. The van der Waals surface area contributed by atoms with E-state index in [2.05, 4.69) is 31.1 Å². The molecule has 2 atom stereocenters. The van der Waals surface area contributed by atoms with Crippen LogP contribution in [0.25, 0.3) is 0 Å². The number of hydrogen-bond donors (Lipinski definition) is 1. The van der Waals surface area contributed by atoms with Crippen LogP contribution < -0.4 is 5.32 Å².